The van der Waals surface area contributed by atoms with E-state index in [0.717, 1.165) is 0 Å². The highest BCUT2D eigenvalue weighted by Crippen LogP contribution is 2.25. The molecule has 1 amide bonds. The van der Waals surface area contributed by atoms with Crippen LogP contribution in [0.1, 0.15) is 0 Å². The topological polar surface area (TPSA) is 66.9 Å². The lowest BCUT2D eigenvalue weighted by atomic mass is 10.3. The summed E-state index contributed by atoms with van der Waals surface area (Å²) in [7, 11) is 1.75. The highest BCUT2D eigenvalue weighted by molar-refractivity contribution is 8.01. The third-order valence-electron chi connectivity index (χ3n) is 2.15. The molecule has 0 aliphatic heterocycles. The van der Waals surface area contributed by atoms with E-state index >= 15 is 0 Å². The number of aromatic nitrogens is 2. The van der Waals surface area contributed by atoms with Gasteiger partial charge in [0.15, 0.2) is 4.34 Å². The average Bonchev–Trinajstić information content (AvgIpc) is 2.89. The third kappa shape index (κ3) is 4.06. The van der Waals surface area contributed by atoms with Gasteiger partial charge in [-0.1, -0.05) is 34.7 Å². The molecule has 0 atom stereocenters. The van der Waals surface area contributed by atoms with Crippen molar-refractivity contribution >= 4 is 51.4 Å². The Morgan fingerprint density at radius 3 is 2.95 bits per heavy atom. The van der Waals surface area contributed by atoms with E-state index in [1.807, 2.05) is 0 Å². The van der Waals surface area contributed by atoms with Gasteiger partial charge in [-0.3, -0.25) is 4.79 Å². The smallest absolute Gasteiger partial charge is 0.234 e. The normalized spacial score (nSPS) is 10.3. The standard InChI is InChI=1S/C11H10ClFN4OS2/c1-14-10-16-17-11(20-10)19-5-9(18)15-6-2-3-8(13)7(12)4-6/h2-4H,5H2,1H3,(H,14,16)(H,15,18). The summed E-state index contributed by atoms with van der Waals surface area (Å²) in [6, 6.07) is 4.02. The lowest BCUT2D eigenvalue weighted by Crippen LogP contribution is -2.13. The number of nitrogens with zero attached hydrogens (tertiary/aromatic N) is 2. The van der Waals surface area contributed by atoms with Crippen molar-refractivity contribution in [1.29, 1.82) is 0 Å². The van der Waals surface area contributed by atoms with Crippen LogP contribution in [0.15, 0.2) is 22.5 Å². The number of amides is 1. The van der Waals surface area contributed by atoms with Crippen LogP contribution in [0.5, 0.6) is 0 Å². The minimum absolute atomic E-state index is 0.0294. The van der Waals surface area contributed by atoms with Gasteiger partial charge in [-0.05, 0) is 18.2 Å². The number of nitrogens with one attached hydrogen (secondary N) is 2. The Labute approximate surface area is 127 Å². The summed E-state index contributed by atoms with van der Waals surface area (Å²) < 4.78 is 13.7. The summed E-state index contributed by atoms with van der Waals surface area (Å²) in [6.07, 6.45) is 0. The Morgan fingerprint density at radius 2 is 2.30 bits per heavy atom. The molecule has 2 aromatic rings. The van der Waals surface area contributed by atoms with Crippen LogP contribution in [-0.2, 0) is 4.79 Å². The van der Waals surface area contributed by atoms with Crippen molar-refractivity contribution < 1.29 is 9.18 Å². The Balaban J connectivity index is 1.87. The molecule has 0 saturated carbocycles. The molecule has 5 nitrogen and oxygen atoms in total. The molecule has 1 aromatic carbocycles. The van der Waals surface area contributed by atoms with Gasteiger partial charge in [-0.2, -0.15) is 0 Å². The SMILES string of the molecule is CNc1nnc(SCC(=O)Nc2ccc(F)c(Cl)c2)s1. The van der Waals surface area contributed by atoms with Crippen molar-refractivity contribution in [1.82, 2.24) is 10.2 Å². The number of halogens is 2. The molecule has 0 fully saturated rings. The fourth-order valence-corrected chi connectivity index (χ4v) is 2.95. The maximum atomic E-state index is 13.0. The van der Waals surface area contributed by atoms with Gasteiger partial charge in [0.1, 0.15) is 5.82 Å². The number of carbonyl (C=O) groups excluding carboxylic acids is 1. The minimum atomic E-state index is -0.521. The summed E-state index contributed by atoms with van der Waals surface area (Å²) in [5.74, 6) is -0.556. The van der Waals surface area contributed by atoms with E-state index in [0.29, 0.717) is 15.2 Å². The molecule has 20 heavy (non-hydrogen) atoms. The van der Waals surface area contributed by atoms with E-state index in [-0.39, 0.29) is 16.7 Å². The number of thioether (sulfide) groups is 1. The number of hydrogen-bond donors (Lipinski definition) is 2. The van der Waals surface area contributed by atoms with Crippen LogP contribution < -0.4 is 10.6 Å². The fraction of sp³-hybridized carbons (Fsp3) is 0.182. The maximum absolute atomic E-state index is 13.0. The summed E-state index contributed by atoms with van der Waals surface area (Å²) in [4.78, 5) is 11.7. The Morgan fingerprint density at radius 1 is 1.50 bits per heavy atom. The van der Waals surface area contributed by atoms with E-state index in [2.05, 4.69) is 20.8 Å². The summed E-state index contributed by atoms with van der Waals surface area (Å²) in [6.45, 7) is 0. The van der Waals surface area contributed by atoms with Gasteiger partial charge >= 0.3 is 0 Å². The molecule has 0 unspecified atom stereocenters. The molecular weight excluding hydrogens is 323 g/mol. The largest absolute Gasteiger partial charge is 0.363 e. The van der Waals surface area contributed by atoms with Crippen molar-refractivity contribution in [3.63, 3.8) is 0 Å². The lowest BCUT2D eigenvalue weighted by molar-refractivity contribution is -0.113. The molecule has 0 aliphatic carbocycles. The molecule has 0 saturated heterocycles. The summed E-state index contributed by atoms with van der Waals surface area (Å²) in [5.41, 5.74) is 0.454. The van der Waals surface area contributed by atoms with E-state index in [4.69, 9.17) is 11.6 Å². The van der Waals surface area contributed by atoms with E-state index in [1.165, 1.54) is 41.3 Å². The first-order valence-corrected chi connectivity index (χ1v) is 7.65. The molecule has 9 heteroatoms. The number of hydrogen-bond acceptors (Lipinski definition) is 6. The number of benzene rings is 1. The predicted octanol–water partition coefficient (Wildman–Crippen LogP) is 3.10. The first kappa shape index (κ1) is 15.0. The quantitative estimate of drug-likeness (QED) is 0.823. The van der Waals surface area contributed by atoms with Crippen molar-refractivity contribution in [2.24, 2.45) is 0 Å². The van der Waals surface area contributed by atoms with Crippen LogP contribution in [0.2, 0.25) is 5.02 Å². The Hall–Kier alpha value is -1.38. The van der Waals surface area contributed by atoms with Gasteiger partial charge in [0.05, 0.1) is 10.8 Å². The zero-order valence-corrected chi connectivity index (χ0v) is 12.7. The van der Waals surface area contributed by atoms with Gasteiger partial charge in [0, 0.05) is 12.7 Å². The number of rotatable bonds is 5. The zero-order valence-electron chi connectivity index (χ0n) is 10.3. The first-order valence-electron chi connectivity index (χ1n) is 5.47. The first-order chi connectivity index (χ1) is 9.58. The van der Waals surface area contributed by atoms with Gasteiger partial charge in [-0.25, -0.2) is 4.39 Å². The van der Waals surface area contributed by atoms with Crippen molar-refractivity contribution in [3.8, 4) is 0 Å². The van der Waals surface area contributed by atoms with Gasteiger partial charge in [0.25, 0.3) is 0 Å². The van der Waals surface area contributed by atoms with Crippen LogP contribution >= 0.6 is 34.7 Å². The molecule has 0 bridgehead atoms. The number of carbonyl (C=O) groups is 1. The van der Waals surface area contributed by atoms with E-state index in [1.54, 1.807) is 7.05 Å². The van der Waals surface area contributed by atoms with Crippen LogP contribution in [-0.4, -0.2) is 28.9 Å². The van der Waals surface area contributed by atoms with Crippen molar-refractivity contribution in [2.45, 2.75) is 4.34 Å². The molecule has 2 rings (SSSR count). The van der Waals surface area contributed by atoms with Gasteiger partial charge < -0.3 is 10.6 Å². The molecule has 1 aromatic heterocycles. The Bertz CT molecular complexity index is 622. The third-order valence-corrected chi connectivity index (χ3v) is 4.51. The summed E-state index contributed by atoms with van der Waals surface area (Å²) in [5, 5.41) is 13.9. The predicted molar refractivity (Wildman–Crippen MR) is 80.2 cm³/mol. The second kappa shape index (κ2) is 6.87. The van der Waals surface area contributed by atoms with Crippen LogP contribution in [0.4, 0.5) is 15.2 Å². The highest BCUT2D eigenvalue weighted by Gasteiger charge is 2.09. The van der Waals surface area contributed by atoms with Gasteiger partial charge in [-0.15, -0.1) is 10.2 Å². The molecule has 0 aliphatic rings. The van der Waals surface area contributed by atoms with Crippen molar-refractivity contribution in [3.05, 3.63) is 29.0 Å². The summed E-state index contributed by atoms with van der Waals surface area (Å²) >= 11 is 8.28. The van der Waals surface area contributed by atoms with Crippen LogP contribution in [0.3, 0.4) is 0 Å². The number of anilines is 2. The second-order valence-electron chi connectivity index (χ2n) is 3.59. The minimum Gasteiger partial charge on any atom is -0.363 e. The molecule has 106 valence electrons. The van der Waals surface area contributed by atoms with E-state index in [9.17, 15) is 9.18 Å². The zero-order chi connectivity index (χ0) is 14.5. The van der Waals surface area contributed by atoms with Gasteiger partial charge in [0.2, 0.25) is 11.0 Å². The van der Waals surface area contributed by atoms with Crippen molar-refractivity contribution in [2.75, 3.05) is 23.4 Å². The molecule has 0 spiro atoms. The molecule has 1 heterocycles. The average molecular weight is 333 g/mol. The van der Waals surface area contributed by atoms with Crippen LogP contribution in [0.25, 0.3) is 0 Å². The molecule has 0 radical (unpaired) electrons. The lowest BCUT2D eigenvalue weighted by Gasteiger charge is -2.04. The molecule has 2 N–H and O–H groups in total. The second-order valence-corrected chi connectivity index (χ2v) is 6.20. The van der Waals surface area contributed by atoms with Crippen LogP contribution in [0, 0.1) is 5.82 Å². The molecular formula is C11H10ClFN4OS2. The van der Waals surface area contributed by atoms with E-state index < -0.39 is 5.82 Å². The maximum Gasteiger partial charge on any atom is 0.234 e. The Kier molecular flexibility index (Phi) is 5.16. The fourth-order valence-electron chi connectivity index (χ4n) is 1.27. The highest BCUT2D eigenvalue weighted by atomic mass is 35.5. The monoisotopic (exact) mass is 332 g/mol.